The molecule has 160 valence electrons. The van der Waals surface area contributed by atoms with Gasteiger partial charge in [-0.15, -0.1) is 0 Å². The number of benzene rings is 1. The molecule has 2 unspecified atom stereocenters. The maximum atomic E-state index is 10.6. The van der Waals surface area contributed by atoms with Gasteiger partial charge in [0.25, 0.3) is 0 Å². The zero-order valence-corrected chi connectivity index (χ0v) is 18.8. The van der Waals surface area contributed by atoms with Crippen molar-refractivity contribution in [1.82, 2.24) is 20.1 Å². The van der Waals surface area contributed by atoms with E-state index >= 15 is 0 Å². The summed E-state index contributed by atoms with van der Waals surface area (Å²) < 4.78 is 2.26. The third-order valence-electron chi connectivity index (χ3n) is 8.22. The van der Waals surface area contributed by atoms with E-state index < -0.39 is 5.41 Å². The highest BCUT2D eigenvalue weighted by molar-refractivity contribution is 5.91. The summed E-state index contributed by atoms with van der Waals surface area (Å²) in [6.45, 7) is 10.9. The fourth-order valence-corrected chi connectivity index (χ4v) is 6.44. The van der Waals surface area contributed by atoms with Crippen molar-refractivity contribution in [3.63, 3.8) is 0 Å². The van der Waals surface area contributed by atoms with Crippen LogP contribution in [0.1, 0.15) is 67.0 Å². The number of H-pyrrole nitrogens is 1. The van der Waals surface area contributed by atoms with Gasteiger partial charge in [0.05, 0.1) is 34.5 Å². The molecule has 0 spiro atoms. The molecule has 3 N–H and O–H groups in total. The molecule has 2 aliphatic heterocycles. The van der Waals surface area contributed by atoms with Crippen molar-refractivity contribution in [1.29, 1.82) is 0 Å². The van der Waals surface area contributed by atoms with E-state index in [1.54, 1.807) is 0 Å². The van der Waals surface area contributed by atoms with Crippen LogP contribution in [0.3, 0.4) is 0 Å². The molecule has 4 heterocycles. The van der Waals surface area contributed by atoms with E-state index in [1.165, 1.54) is 50.5 Å². The third kappa shape index (κ3) is 2.11. The van der Waals surface area contributed by atoms with E-state index in [4.69, 9.17) is 5.10 Å². The minimum atomic E-state index is -0.437. The van der Waals surface area contributed by atoms with Gasteiger partial charge in [0, 0.05) is 42.5 Å². The van der Waals surface area contributed by atoms with Gasteiger partial charge in [0.15, 0.2) is 0 Å². The van der Waals surface area contributed by atoms with Crippen LogP contribution in [-0.2, 0) is 30.2 Å². The van der Waals surface area contributed by atoms with Gasteiger partial charge in [-0.25, -0.2) is 4.68 Å². The fourth-order valence-electron chi connectivity index (χ4n) is 6.44. The molecule has 0 radical (unpaired) electrons. The molecule has 0 amide bonds. The number of nitrogens with zero attached hydrogens (tertiary/aromatic N) is 2. The second kappa shape index (κ2) is 6.21. The predicted octanol–water partition coefficient (Wildman–Crippen LogP) is 3.77. The second-order valence-electron chi connectivity index (χ2n) is 9.66. The van der Waals surface area contributed by atoms with Gasteiger partial charge in [-0.2, -0.15) is 5.10 Å². The molecule has 1 aromatic carbocycles. The summed E-state index contributed by atoms with van der Waals surface area (Å²) in [5.74, 6) is 0. The SMILES string of the molecule is CCc1cccc2c1-n1nc3c(c1C1(C)C2=C(C)C(C)(CO)c2[nH]ccc21)CNCC3. The molecule has 5 heteroatoms. The first-order valence-corrected chi connectivity index (χ1v) is 11.4. The lowest BCUT2D eigenvalue weighted by molar-refractivity contribution is 0.222. The lowest BCUT2D eigenvalue weighted by Crippen LogP contribution is -2.45. The van der Waals surface area contributed by atoms with Crippen molar-refractivity contribution >= 4 is 5.57 Å². The Balaban J connectivity index is 1.82. The summed E-state index contributed by atoms with van der Waals surface area (Å²) in [6.07, 6.45) is 3.95. The highest BCUT2D eigenvalue weighted by atomic mass is 16.3. The zero-order valence-electron chi connectivity index (χ0n) is 18.8. The molecule has 2 aromatic heterocycles. The molecule has 2 atom stereocenters. The van der Waals surface area contributed by atoms with E-state index in [-0.39, 0.29) is 12.0 Å². The smallest absolute Gasteiger partial charge is 0.0756 e. The van der Waals surface area contributed by atoms with Crippen molar-refractivity contribution < 1.29 is 5.11 Å². The number of aryl methyl sites for hydroxylation is 1. The molecule has 0 bridgehead atoms. The number of aliphatic hydroxyl groups is 1. The van der Waals surface area contributed by atoms with Crippen LogP contribution in [0.2, 0.25) is 0 Å². The van der Waals surface area contributed by atoms with E-state index in [9.17, 15) is 5.11 Å². The number of aromatic nitrogens is 3. The summed E-state index contributed by atoms with van der Waals surface area (Å²) in [6, 6.07) is 8.88. The van der Waals surface area contributed by atoms with Crippen LogP contribution in [0, 0.1) is 0 Å². The lowest BCUT2D eigenvalue weighted by atomic mass is 9.57. The van der Waals surface area contributed by atoms with Gasteiger partial charge in [0.1, 0.15) is 0 Å². The molecule has 3 aromatic rings. The summed E-state index contributed by atoms with van der Waals surface area (Å²) in [4.78, 5) is 3.50. The maximum Gasteiger partial charge on any atom is 0.0756 e. The molecule has 1 aliphatic carbocycles. The van der Waals surface area contributed by atoms with Gasteiger partial charge in [-0.3, -0.25) is 0 Å². The van der Waals surface area contributed by atoms with Crippen LogP contribution in [0.15, 0.2) is 36.0 Å². The number of hydrogen-bond acceptors (Lipinski definition) is 3. The summed E-state index contributed by atoms with van der Waals surface area (Å²) in [5, 5.41) is 19.4. The van der Waals surface area contributed by atoms with Crippen molar-refractivity contribution in [2.24, 2.45) is 0 Å². The fraction of sp³-hybridized carbons (Fsp3) is 0.423. The number of aliphatic hydroxyl groups excluding tert-OH is 1. The Labute approximate surface area is 183 Å². The van der Waals surface area contributed by atoms with E-state index in [2.05, 4.69) is 66.9 Å². The molecular weight excluding hydrogens is 384 g/mol. The monoisotopic (exact) mass is 414 g/mol. The predicted molar refractivity (Wildman–Crippen MR) is 123 cm³/mol. The minimum absolute atomic E-state index is 0.0770. The Bertz CT molecular complexity index is 1260. The number of para-hydroxylation sites is 1. The van der Waals surface area contributed by atoms with Gasteiger partial charge >= 0.3 is 0 Å². The third-order valence-corrected chi connectivity index (χ3v) is 8.22. The van der Waals surface area contributed by atoms with Crippen molar-refractivity contribution in [3.8, 4) is 5.69 Å². The summed E-state index contributed by atoms with van der Waals surface area (Å²) in [7, 11) is 0. The van der Waals surface area contributed by atoms with Crippen LogP contribution >= 0.6 is 0 Å². The first-order chi connectivity index (χ1) is 15.0. The molecule has 5 nitrogen and oxygen atoms in total. The highest BCUT2D eigenvalue weighted by Gasteiger charge is 2.53. The summed E-state index contributed by atoms with van der Waals surface area (Å²) in [5.41, 5.74) is 11.8. The molecule has 31 heavy (non-hydrogen) atoms. The van der Waals surface area contributed by atoms with Gasteiger partial charge < -0.3 is 15.4 Å². The molecule has 0 saturated carbocycles. The van der Waals surface area contributed by atoms with Crippen molar-refractivity contribution in [2.75, 3.05) is 13.2 Å². The first-order valence-electron chi connectivity index (χ1n) is 11.4. The lowest BCUT2D eigenvalue weighted by Gasteiger charge is -2.48. The number of rotatable bonds is 2. The standard InChI is InChI=1S/C26H30N4O/c1-5-16-7-6-8-17-21-15(2)25(3,14-31)23-19(9-12-28-23)26(21,4)24-18-13-27-11-10-20(18)29-30(24)22(16)17/h6-9,12,27-28,31H,5,10-11,13-14H2,1-4H3. The molecule has 3 aliphatic rings. The van der Waals surface area contributed by atoms with E-state index in [0.717, 1.165) is 31.6 Å². The Hall–Kier alpha value is -2.63. The second-order valence-corrected chi connectivity index (χ2v) is 9.66. The quantitative estimate of drug-likeness (QED) is 0.598. The first kappa shape index (κ1) is 19.1. The van der Waals surface area contributed by atoms with E-state index in [0.29, 0.717) is 0 Å². The zero-order chi connectivity index (χ0) is 21.5. The number of aromatic amines is 1. The van der Waals surface area contributed by atoms with Crippen molar-refractivity contribution in [2.45, 2.75) is 57.9 Å². The minimum Gasteiger partial charge on any atom is -0.395 e. The maximum absolute atomic E-state index is 10.6. The Morgan fingerprint density at radius 3 is 2.84 bits per heavy atom. The largest absolute Gasteiger partial charge is 0.395 e. The summed E-state index contributed by atoms with van der Waals surface area (Å²) >= 11 is 0. The number of hydrogen-bond donors (Lipinski definition) is 3. The van der Waals surface area contributed by atoms with Crippen LogP contribution in [0.4, 0.5) is 0 Å². The Kier molecular flexibility index (Phi) is 3.82. The molecular formula is C26H30N4O. The van der Waals surface area contributed by atoms with Gasteiger partial charge in [0.2, 0.25) is 0 Å². The van der Waals surface area contributed by atoms with Crippen LogP contribution in [0.25, 0.3) is 11.3 Å². The van der Waals surface area contributed by atoms with Crippen LogP contribution in [0.5, 0.6) is 0 Å². The molecule has 0 saturated heterocycles. The Morgan fingerprint density at radius 2 is 2.06 bits per heavy atom. The highest BCUT2D eigenvalue weighted by Crippen LogP contribution is 2.59. The normalized spacial score (nSPS) is 26.1. The number of fused-ring (bicyclic) bond motifs is 10. The van der Waals surface area contributed by atoms with E-state index in [1.807, 2.05) is 6.20 Å². The van der Waals surface area contributed by atoms with Crippen LogP contribution in [-0.4, -0.2) is 33.0 Å². The van der Waals surface area contributed by atoms with Crippen molar-refractivity contribution in [3.05, 3.63) is 75.4 Å². The number of nitrogens with one attached hydrogen (secondary N) is 2. The molecule has 0 fully saturated rings. The average Bonchev–Trinajstić information content (AvgIpc) is 3.43. The average molecular weight is 415 g/mol. The molecule has 6 rings (SSSR count). The number of allylic oxidation sites excluding steroid dienone is 1. The Morgan fingerprint density at radius 1 is 1.23 bits per heavy atom. The van der Waals surface area contributed by atoms with Crippen LogP contribution < -0.4 is 5.32 Å². The van der Waals surface area contributed by atoms with Gasteiger partial charge in [-0.1, -0.05) is 30.7 Å². The van der Waals surface area contributed by atoms with Gasteiger partial charge in [-0.05, 0) is 50.0 Å². The topological polar surface area (TPSA) is 65.9 Å².